The van der Waals surface area contributed by atoms with E-state index in [4.69, 9.17) is 4.42 Å². The highest BCUT2D eigenvalue weighted by Crippen LogP contribution is 2.34. The second-order valence-corrected chi connectivity index (χ2v) is 7.63. The molecule has 9 nitrogen and oxygen atoms in total. The molecule has 1 fully saturated rings. The number of phenols is 1. The Balaban J connectivity index is 1.48. The van der Waals surface area contributed by atoms with E-state index in [2.05, 4.69) is 29.3 Å². The van der Waals surface area contributed by atoms with Crippen LogP contribution in [0.2, 0.25) is 0 Å². The topological polar surface area (TPSA) is 104 Å². The van der Waals surface area contributed by atoms with Crippen molar-refractivity contribution in [3.8, 4) is 28.4 Å². The first kappa shape index (κ1) is 18.9. The highest BCUT2D eigenvalue weighted by Gasteiger charge is 2.20. The molecule has 1 aliphatic heterocycles. The molecule has 154 valence electrons. The summed E-state index contributed by atoms with van der Waals surface area (Å²) in [4.78, 5) is 13.4. The standard InChI is InChI=1S/C19H18FN7O2S/c20-13-2-1-12(11-15(13)28)16-17(27-9-10-29-19(27)25-16)14-3-4-21-18(24-14)22-5-7-26-8-6-23-30-26/h1-4,9-11,23,28H,5-8H2,(H,21,22,24). The van der Waals surface area contributed by atoms with Gasteiger partial charge in [0.15, 0.2) is 11.6 Å². The molecule has 0 bridgehead atoms. The summed E-state index contributed by atoms with van der Waals surface area (Å²) in [6, 6.07) is 5.87. The predicted molar refractivity (Wildman–Crippen MR) is 111 cm³/mol. The Bertz CT molecular complexity index is 1190. The number of anilines is 1. The lowest BCUT2D eigenvalue weighted by Gasteiger charge is -2.12. The number of phenolic OH excluding ortho intramolecular Hbond substituents is 1. The number of aromatic hydroxyl groups is 1. The molecule has 1 aromatic carbocycles. The first-order valence-corrected chi connectivity index (χ1v) is 10.1. The van der Waals surface area contributed by atoms with Crippen molar-refractivity contribution in [2.45, 2.75) is 0 Å². The number of imidazole rings is 1. The van der Waals surface area contributed by atoms with E-state index in [0.29, 0.717) is 41.0 Å². The molecule has 1 aliphatic rings. The molecule has 0 spiro atoms. The zero-order valence-electron chi connectivity index (χ0n) is 15.7. The second kappa shape index (κ2) is 7.94. The van der Waals surface area contributed by atoms with Crippen molar-refractivity contribution in [3.05, 3.63) is 48.7 Å². The molecule has 4 aromatic rings. The monoisotopic (exact) mass is 427 g/mol. The smallest absolute Gasteiger partial charge is 0.306 e. The lowest BCUT2D eigenvalue weighted by atomic mass is 10.1. The van der Waals surface area contributed by atoms with E-state index < -0.39 is 11.6 Å². The van der Waals surface area contributed by atoms with Crippen LogP contribution < -0.4 is 10.0 Å². The largest absolute Gasteiger partial charge is 0.505 e. The Morgan fingerprint density at radius 3 is 3.07 bits per heavy atom. The number of hydrogen-bond acceptors (Lipinski definition) is 9. The molecule has 3 N–H and O–H groups in total. The van der Waals surface area contributed by atoms with Crippen LogP contribution in [0.25, 0.3) is 28.5 Å². The van der Waals surface area contributed by atoms with Gasteiger partial charge >= 0.3 is 5.84 Å². The van der Waals surface area contributed by atoms with Crippen LogP contribution in [0.5, 0.6) is 5.75 Å². The molecule has 11 heteroatoms. The zero-order valence-corrected chi connectivity index (χ0v) is 16.6. The molecule has 4 heterocycles. The van der Waals surface area contributed by atoms with E-state index in [9.17, 15) is 9.50 Å². The van der Waals surface area contributed by atoms with Crippen LogP contribution in [0.15, 0.2) is 47.3 Å². The van der Waals surface area contributed by atoms with Crippen LogP contribution in [0, 0.1) is 5.82 Å². The minimum absolute atomic E-state index is 0.371. The van der Waals surface area contributed by atoms with E-state index in [-0.39, 0.29) is 0 Å². The third kappa shape index (κ3) is 3.58. The van der Waals surface area contributed by atoms with Crippen molar-refractivity contribution in [1.82, 2.24) is 28.4 Å². The molecule has 0 radical (unpaired) electrons. The highest BCUT2D eigenvalue weighted by molar-refractivity contribution is 7.95. The summed E-state index contributed by atoms with van der Waals surface area (Å²) in [5.74, 6) is -0.267. The Labute approximate surface area is 175 Å². The number of nitrogens with one attached hydrogen (secondary N) is 2. The number of fused-ring (bicyclic) bond motifs is 1. The van der Waals surface area contributed by atoms with Gasteiger partial charge < -0.3 is 14.8 Å². The second-order valence-electron chi connectivity index (χ2n) is 6.64. The Kier molecular flexibility index (Phi) is 4.99. The third-order valence-corrected chi connectivity index (χ3v) is 5.64. The zero-order chi connectivity index (χ0) is 20.5. The normalized spacial score (nSPS) is 14.6. The summed E-state index contributed by atoms with van der Waals surface area (Å²) in [5.41, 5.74) is 2.36. The van der Waals surface area contributed by atoms with Gasteiger partial charge in [-0.25, -0.2) is 23.4 Å². The number of nitrogens with zero attached hydrogens (tertiary/aromatic N) is 5. The maximum atomic E-state index is 13.5. The summed E-state index contributed by atoms with van der Waals surface area (Å²) in [6.07, 6.45) is 4.93. The molecule has 0 amide bonds. The van der Waals surface area contributed by atoms with Gasteiger partial charge in [0.05, 0.1) is 5.69 Å². The van der Waals surface area contributed by atoms with E-state index in [1.54, 1.807) is 41.1 Å². The van der Waals surface area contributed by atoms with Crippen LogP contribution in [0.1, 0.15) is 0 Å². The number of oxazole rings is 1. The number of benzene rings is 1. The fourth-order valence-electron chi connectivity index (χ4n) is 3.27. The van der Waals surface area contributed by atoms with Crippen LogP contribution in [-0.4, -0.2) is 54.9 Å². The van der Waals surface area contributed by atoms with Gasteiger partial charge in [0.1, 0.15) is 17.7 Å². The molecule has 5 rings (SSSR count). The van der Waals surface area contributed by atoms with Crippen molar-refractivity contribution in [2.24, 2.45) is 0 Å². The van der Waals surface area contributed by atoms with Crippen LogP contribution in [0.4, 0.5) is 10.3 Å². The fraction of sp³-hybridized carbons (Fsp3) is 0.211. The average Bonchev–Trinajstić information content (AvgIpc) is 3.47. The Morgan fingerprint density at radius 2 is 2.23 bits per heavy atom. The maximum absolute atomic E-state index is 13.5. The van der Waals surface area contributed by atoms with E-state index in [1.165, 1.54) is 18.4 Å². The van der Waals surface area contributed by atoms with Gasteiger partial charge in [-0.05, 0) is 24.3 Å². The Morgan fingerprint density at radius 1 is 1.30 bits per heavy atom. The summed E-state index contributed by atoms with van der Waals surface area (Å²) in [6.45, 7) is 3.52. The average molecular weight is 427 g/mol. The molecule has 0 aliphatic carbocycles. The van der Waals surface area contributed by atoms with Crippen molar-refractivity contribution in [1.29, 1.82) is 0 Å². The van der Waals surface area contributed by atoms with Gasteiger partial charge in [-0.1, -0.05) is 0 Å². The van der Waals surface area contributed by atoms with Gasteiger partial charge in [0, 0.05) is 56.3 Å². The van der Waals surface area contributed by atoms with E-state index in [1.807, 2.05) is 0 Å². The van der Waals surface area contributed by atoms with Crippen LogP contribution in [-0.2, 0) is 0 Å². The molecule has 30 heavy (non-hydrogen) atoms. The van der Waals surface area contributed by atoms with Gasteiger partial charge in [-0.3, -0.25) is 4.40 Å². The number of aromatic nitrogens is 4. The highest BCUT2D eigenvalue weighted by atomic mass is 32.2. The first-order chi connectivity index (χ1) is 14.7. The van der Waals surface area contributed by atoms with Gasteiger partial charge in [-0.15, -0.1) is 0 Å². The molecule has 0 unspecified atom stereocenters. The summed E-state index contributed by atoms with van der Waals surface area (Å²) >= 11 is 1.62. The van der Waals surface area contributed by atoms with Crippen molar-refractivity contribution < 1.29 is 13.9 Å². The minimum Gasteiger partial charge on any atom is -0.505 e. The van der Waals surface area contributed by atoms with E-state index >= 15 is 0 Å². The fourth-order valence-corrected chi connectivity index (χ4v) is 4.00. The molecule has 3 aromatic heterocycles. The summed E-state index contributed by atoms with van der Waals surface area (Å²) in [7, 11) is 0. The first-order valence-electron chi connectivity index (χ1n) is 9.35. The number of halogens is 1. The van der Waals surface area contributed by atoms with Gasteiger partial charge in [-0.2, -0.15) is 4.98 Å². The Hall–Kier alpha value is -3.15. The molecule has 1 saturated heterocycles. The molecular formula is C19H18FN7O2S. The maximum Gasteiger partial charge on any atom is 0.306 e. The molecule has 0 saturated carbocycles. The van der Waals surface area contributed by atoms with Gasteiger partial charge in [0.2, 0.25) is 5.95 Å². The number of hydrogen-bond donors (Lipinski definition) is 3. The quantitative estimate of drug-likeness (QED) is 0.401. The molecular weight excluding hydrogens is 409 g/mol. The van der Waals surface area contributed by atoms with Crippen molar-refractivity contribution >= 4 is 23.9 Å². The van der Waals surface area contributed by atoms with Crippen LogP contribution >= 0.6 is 12.1 Å². The number of rotatable bonds is 6. The lowest BCUT2D eigenvalue weighted by molar-refractivity contribution is 0.432. The molecule has 0 atom stereocenters. The van der Waals surface area contributed by atoms with Crippen LogP contribution in [0.3, 0.4) is 0 Å². The third-order valence-electron chi connectivity index (χ3n) is 4.68. The van der Waals surface area contributed by atoms with Gasteiger partial charge in [0.25, 0.3) is 0 Å². The summed E-state index contributed by atoms with van der Waals surface area (Å²) < 4.78 is 26.2. The summed E-state index contributed by atoms with van der Waals surface area (Å²) in [5, 5.41) is 13.0. The predicted octanol–water partition coefficient (Wildman–Crippen LogP) is 2.78. The van der Waals surface area contributed by atoms with Crippen molar-refractivity contribution in [3.63, 3.8) is 0 Å². The minimum atomic E-state index is -0.692. The van der Waals surface area contributed by atoms with E-state index in [0.717, 1.165) is 19.6 Å². The van der Waals surface area contributed by atoms with Crippen molar-refractivity contribution in [2.75, 3.05) is 31.5 Å². The SMILES string of the molecule is Oc1cc(-c2nc3occn3c2-c2ccnc(NCCN3CCNS3)n2)ccc1F. The lowest BCUT2D eigenvalue weighted by Crippen LogP contribution is -2.22.